The number of carbonyl (C=O) groups is 1. The second kappa shape index (κ2) is 10.0. The van der Waals surface area contributed by atoms with E-state index in [4.69, 9.17) is 4.74 Å². The van der Waals surface area contributed by atoms with Crippen LogP contribution in [0.15, 0.2) is 66.0 Å². The summed E-state index contributed by atoms with van der Waals surface area (Å²) in [7, 11) is -3.62. The number of hydrogen-bond acceptors (Lipinski definition) is 6. The number of aromatic nitrogens is 3. The van der Waals surface area contributed by atoms with Gasteiger partial charge in [-0.05, 0) is 55.0 Å². The van der Waals surface area contributed by atoms with Crippen molar-refractivity contribution < 1.29 is 17.9 Å². The second-order valence-electron chi connectivity index (χ2n) is 7.43. The van der Waals surface area contributed by atoms with E-state index in [0.717, 1.165) is 5.56 Å². The number of nitrogens with zero attached hydrogens (tertiary/aromatic N) is 5. The topological polar surface area (TPSA) is 110 Å². The molecule has 0 radical (unpaired) electrons. The molecule has 0 spiro atoms. The van der Waals surface area contributed by atoms with Crippen molar-refractivity contribution in [3.63, 3.8) is 0 Å². The van der Waals surface area contributed by atoms with Crippen LogP contribution in [0, 0.1) is 0 Å². The first-order valence-corrected chi connectivity index (χ1v) is 12.1. The summed E-state index contributed by atoms with van der Waals surface area (Å²) < 4.78 is 34.3. The monoisotopic (exact) mass is 470 g/mol. The summed E-state index contributed by atoms with van der Waals surface area (Å²) in [5, 5.41) is 7.05. The predicted octanol–water partition coefficient (Wildman–Crippen LogP) is 1.88. The molecule has 3 heterocycles. The highest BCUT2D eigenvalue weighted by Gasteiger charge is 2.30. The number of ether oxygens (including phenoxy) is 1. The van der Waals surface area contributed by atoms with Crippen LogP contribution in [-0.4, -0.2) is 71.2 Å². The maximum atomic E-state index is 12.9. The average molecular weight is 471 g/mol. The number of rotatable bonds is 7. The molecule has 1 saturated heterocycles. The molecule has 0 atom stereocenters. The molecule has 2 amide bonds. The minimum atomic E-state index is -3.62. The number of carbonyl (C=O) groups excluding carboxylic acids is 1. The van der Waals surface area contributed by atoms with Crippen LogP contribution in [-0.2, 0) is 16.6 Å². The highest BCUT2D eigenvalue weighted by molar-refractivity contribution is 7.89. The Morgan fingerprint density at radius 1 is 1.09 bits per heavy atom. The fourth-order valence-electron chi connectivity index (χ4n) is 3.54. The van der Waals surface area contributed by atoms with Gasteiger partial charge in [-0.3, -0.25) is 0 Å². The first-order valence-electron chi connectivity index (χ1n) is 10.7. The predicted molar refractivity (Wildman–Crippen MR) is 122 cm³/mol. The molecule has 1 aliphatic rings. The summed E-state index contributed by atoms with van der Waals surface area (Å²) in [4.78, 5) is 18.7. The van der Waals surface area contributed by atoms with Gasteiger partial charge < -0.3 is 15.0 Å². The quantitative estimate of drug-likeness (QED) is 0.565. The standard InChI is InChI=1S/C22H26N6O4S/c1-2-32-19-4-6-20(7-5-19)33(30,31)27-14-12-26(13-15-27)22(29)24-17-18-8-10-23-21(16-18)28-11-3-9-25-28/h3-11,16H,2,12-15,17H2,1H3,(H,24,29). The largest absolute Gasteiger partial charge is 0.494 e. The van der Waals surface area contributed by atoms with Crippen molar-refractivity contribution in [2.75, 3.05) is 32.8 Å². The van der Waals surface area contributed by atoms with Gasteiger partial charge in [0.2, 0.25) is 10.0 Å². The Morgan fingerprint density at radius 2 is 1.85 bits per heavy atom. The molecule has 1 aromatic carbocycles. The third kappa shape index (κ3) is 5.32. The van der Waals surface area contributed by atoms with Crippen LogP contribution in [0.2, 0.25) is 0 Å². The normalized spacial score (nSPS) is 14.8. The van der Waals surface area contributed by atoms with Gasteiger partial charge in [0, 0.05) is 51.3 Å². The van der Waals surface area contributed by atoms with E-state index in [9.17, 15) is 13.2 Å². The molecule has 10 nitrogen and oxygen atoms in total. The summed E-state index contributed by atoms with van der Waals surface area (Å²) in [6.07, 6.45) is 5.14. The summed E-state index contributed by atoms with van der Waals surface area (Å²) in [5.74, 6) is 1.30. The van der Waals surface area contributed by atoms with E-state index >= 15 is 0 Å². The van der Waals surface area contributed by atoms with Crippen molar-refractivity contribution in [3.05, 3.63) is 66.6 Å². The van der Waals surface area contributed by atoms with Gasteiger partial charge in [-0.25, -0.2) is 22.9 Å². The highest BCUT2D eigenvalue weighted by atomic mass is 32.2. The molecular weight excluding hydrogens is 444 g/mol. The highest BCUT2D eigenvalue weighted by Crippen LogP contribution is 2.21. The van der Waals surface area contributed by atoms with Gasteiger partial charge in [0.15, 0.2) is 5.82 Å². The van der Waals surface area contributed by atoms with Crippen LogP contribution in [0.1, 0.15) is 12.5 Å². The molecule has 0 saturated carbocycles. The first-order chi connectivity index (χ1) is 16.0. The van der Waals surface area contributed by atoms with Gasteiger partial charge in [0.05, 0.1) is 11.5 Å². The third-order valence-electron chi connectivity index (χ3n) is 5.29. The fraction of sp³-hybridized carbons (Fsp3) is 0.318. The lowest BCUT2D eigenvalue weighted by Crippen LogP contribution is -2.52. The van der Waals surface area contributed by atoms with Gasteiger partial charge in [0.25, 0.3) is 0 Å². The number of sulfonamides is 1. The summed E-state index contributed by atoms with van der Waals surface area (Å²) >= 11 is 0. The first kappa shape index (κ1) is 22.7. The van der Waals surface area contributed by atoms with Crippen molar-refractivity contribution in [3.8, 4) is 11.6 Å². The zero-order valence-corrected chi connectivity index (χ0v) is 19.1. The molecular formula is C22H26N6O4S. The van der Waals surface area contributed by atoms with Gasteiger partial charge in [-0.1, -0.05) is 0 Å². The van der Waals surface area contributed by atoms with Crippen LogP contribution in [0.4, 0.5) is 4.79 Å². The van der Waals surface area contributed by atoms with E-state index in [-0.39, 0.29) is 24.0 Å². The Morgan fingerprint density at radius 3 is 2.52 bits per heavy atom. The van der Waals surface area contributed by atoms with E-state index in [1.54, 1.807) is 52.4 Å². The minimum absolute atomic E-state index is 0.217. The van der Waals surface area contributed by atoms with Gasteiger partial charge >= 0.3 is 6.03 Å². The van der Waals surface area contributed by atoms with Gasteiger partial charge in [-0.2, -0.15) is 9.40 Å². The molecule has 33 heavy (non-hydrogen) atoms. The van der Waals surface area contributed by atoms with E-state index in [1.165, 1.54) is 4.31 Å². The van der Waals surface area contributed by atoms with Crippen LogP contribution >= 0.6 is 0 Å². The van der Waals surface area contributed by atoms with Gasteiger partial charge in [-0.15, -0.1) is 0 Å². The van der Waals surface area contributed by atoms with Crippen molar-refractivity contribution in [2.45, 2.75) is 18.4 Å². The van der Waals surface area contributed by atoms with Crippen LogP contribution in [0.25, 0.3) is 5.82 Å². The molecule has 4 rings (SSSR count). The number of urea groups is 1. The zero-order valence-electron chi connectivity index (χ0n) is 18.3. The fourth-order valence-corrected chi connectivity index (χ4v) is 4.97. The lowest BCUT2D eigenvalue weighted by Gasteiger charge is -2.34. The number of amides is 2. The molecule has 0 unspecified atom stereocenters. The SMILES string of the molecule is CCOc1ccc(S(=O)(=O)N2CCN(C(=O)NCc3ccnc(-n4cccn4)c3)CC2)cc1. The van der Waals surface area contributed by atoms with Crippen LogP contribution in [0.5, 0.6) is 5.75 Å². The summed E-state index contributed by atoms with van der Waals surface area (Å²) in [6, 6.07) is 11.7. The second-order valence-corrected chi connectivity index (χ2v) is 9.37. The van der Waals surface area contributed by atoms with E-state index in [1.807, 2.05) is 25.1 Å². The Hall–Kier alpha value is -3.44. The molecule has 1 N–H and O–H groups in total. The molecule has 174 valence electrons. The minimum Gasteiger partial charge on any atom is -0.494 e. The number of pyridine rings is 1. The smallest absolute Gasteiger partial charge is 0.317 e. The number of piperazine rings is 1. The molecule has 1 fully saturated rings. The number of hydrogen-bond donors (Lipinski definition) is 1. The Bertz CT molecular complexity index is 1170. The summed E-state index contributed by atoms with van der Waals surface area (Å²) in [6.45, 7) is 3.83. The lowest BCUT2D eigenvalue weighted by atomic mass is 10.2. The average Bonchev–Trinajstić information content (AvgIpc) is 3.39. The van der Waals surface area contributed by atoms with E-state index in [2.05, 4.69) is 15.4 Å². The molecule has 2 aromatic heterocycles. The summed E-state index contributed by atoms with van der Waals surface area (Å²) in [5.41, 5.74) is 0.889. The Balaban J connectivity index is 1.30. The number of nitrogens with one attached hydrogen (secondary N) is 1. The lowest BCUT2D eigenvalue weighted by molar-refractivity contribution is 0.172. The Labute approximate surface area is 192 Å². The number of benzene rings is 1. The maximum Gasteiger partial charge on any atom is 0.317 e. The zero-order chi connectivity index (χ0) is 23.3. The third-order valence-corrected chi connectivity index (χ3v) is 7.20. The molecule has 11 heteroatoms. The molecule has 3 aromatic rings. The van der Waals surface area contributed by atoms with Crippen LogP contribution < -0.4 is 10.1 Å². The van der Waals surface area contributed by atoms with Crippen LogP contribution in [0.3, 0.4) is 0 Å². The Kier molecular flexibility index (Phi) is 6.90. The maximum absolute atomic E-state index is 12.9. The van der Waals surface area contributed by atoms with E-state index in [0.29, 0.717) is 37.8 Å². The molecule has 0 bridgehead atoms. The molecule has 0 aliphatic carbocycles. The molecule has 1 aliphatic heterocycles. The van der Waals surface area contributed by atoms with Crippen molar-refractivity contribution in [1.82, 2.24) is 29.3 Å². The van der Waals surface area contributed by atoms with Crippen molar-refractivity contribution in [2.24, 2.45) is 0 Å². The van der Waals surface area contributed by atoms with Gasteiger partial charge in [0.1, 0.15) is 5.75 Å². The van der Waals surface area contributed by atoms with Crippen molar-refractivity contribution >= 4 is 16.1 Å². The van der Waals surface area contributed by atoms with Crippen molar-refractivity contribution in [1.29, 1.82) is 0 Å². The van der Waals surface area contributed by atoms with E-state index < -0.39 is 10.0 Å².